The first-order valence-corrected chi connectivity index (χ1v) is 15.6. The number of carbonyl (C=O) groups is 3. The lowest BCUT2D eigenvalue weighted by Crippen LogP contribution is -2.50. The molecule has 16 nitrogen and oxygen atoms in total. The number of nitriles is 1. The molecule has 1 N–H and O–H groups in total. The van der Waals surface area contributed by atoms with Crippen molar-refractivity contribution in [2.75, 3.05) is 53.7 Å². The number of fused-ring (bicyclic) bond motifs is 1. The maximum absolute atomic E-state index is 13.0. The zero-order valence-electron chi connectivity index (χ0n) is 27.9. The van der Waals surface area contributed by atoms with E-state index in [0.29, 0.717) is 17.0 Å². The number of nitrogens with one attached hydrogen (secondary N) is 1. The molecule has 2 fully saturated rings. The number of rotatable bonds is 13. The van der Waals surface area contributed by atoms with Crippen LogP contribution in [0, 0.1) is 23.2 Å². The van der Waals surface area contributed by atoms with Crippen LogP contribution in [0.15, 0.2) is 23.5 Å². The topological polar surface area (TPSA) is 182 Å². The minimum absolute atomic E-state index is 0.162. The Bertz CT molecular complexity index is 1480. The van der Waals surface area contributed by atoms with Crippen LogP contribution >= 0.6 is 0 Å². The van der Waals surface area contributed by atoms with Crippen molar-refractivity contribution in [3.05, 3.63) is 24.2 Å². The maximum Gasteiger partial charge on any atom is 0.322 e. The van der Waals surface area contributed by atoms with E-state index >= 15 is 0 Å². The van der Waals surface area contributed by atoms with E-state index in [1.54, 1.807) is 57.6 Å². The molecule has 0 bridgehead atoms. The van der Waals surface area contributed by atoms with Gasteiger partial charge >= 0.3 is 17.9 Å². The number of nitrogens with zero attached hydrogens (tertiary/aromatic N) is 7. The number of ether oxygens (including phenoxy) is 5. The zero-order chi connectivity index (χ0) is 34.3. The smallest absolute Gasteiger partial charge is 0.322 e. The minimum atomic E-state index is -1.91. The monoisotopic (exact) mass is 656 g/mol. The molecule has 0 amide bonds. The average molecular weight is 657 g/mol. The van der Waals surface area contributed by atoms with Gasteiger partial charge in [0, 0.05) is 26.2 Å². The Morgan fingerprint density at radius 1 is 1.11 bits per heavy atom. The maximum atomic E-state index is 13.0. The molecule has 0 aromatic carbocycles. The minimum Gasteiger partial charge on any atom is -0.468 e. The summed E-state index contributed by atoms with van der Waals surface area (Å²) in [5.74, 6) is -2.38. The predicted octanol–water partition coefficient (Wildman–Crippen LogP) is 1.23. The molecule has 0 unspecified atom stereocenters. The summed E-state index contributed by atoms with van der Waals surface area (Å²) in [6.07, 6.45) is -0.629. The van der Waals surface area contributed by atoms with Gasteiger partial charge in [-0.3, -0.25) is 19.7 Å². The molecule has 2 aromatic rings. The molecule has 4 heterocycles. The van der Waals surface area contributed by atoms with E-state index in [1.807, 2.05) is 0 Å². The number of carbonyl (C=O) groups excluding carboxylic acids is 3. The van der Waals surface area contributed by atoms with Gasteiger partial charge in [0.15, 0.2) is 18.0 Å². The van der Waals surface area contributed by atoms with E-state index in [2.05, 4.69) is 43.3 Å². The molecule has 0 radical (unpaired) electrons. The van der Waals surface area contributed by atoms with Gasteiger partial charge in [0.25, 0.3) is 0 Å². The van der Waals surface area contributed by atoms with Crippen molar-refractivity contribution in [3.8, 4) is 6.07 Å². The number of aromatic nitrogens is 3. The molecule has 256 valence electrons. The molecule has 16 heteroatoms. The van der Waals surface area contributed by atoms with Crippen LogP contribution in [0.25, 0.3) is 5.52 Å². The van der Waals surface area contributed by atoms with Crippen molar-refractivity contribution in [1.29, 1.82) is 5.26 Å². The lowest BCUT2D eigenvalue weighted by atomic mass is 9.95. The molecule has 47 heavy (non-hydrogen) atoms. The third-order valence-corrected chi connectivity index (χ3v) is 8.02. The van der Waals surface area contributed by atoms with Crippen molar-refractivity contribution in [2.24, 2.45) is 16.8 Å². The van der Waals surface area contributed by atoms with Crippen molar-refractivity contribution in [1.82, 2.24) is 29.7 Å². The fourth-order valence-electron chi connectivity index (χ4n) is 5.05. The second kappa shape index (κ2) is 15.6. The van der Waals surface area contributed by atoms with Gasteiger partial charge in [0.1, 0.15) is 30.1 Å². The molecule has 2 aliphatic heterocycles. The number of hydrogen-bond donors (Lipinski definition) is 1. The first kappa shape index (κ1) is 35.7. The Morgan fingerprint density at radius 3 is 2.43 bits per heavy atom. The van der Waals surface area contributed by atoms with Crippen LogP contribution in [0.3, 0.4) is 0 Å². The SMILES string of the molecule is COC(=O)[C@H](C)NCOC[C@@]1(C#N)O[C@@H](c2ccc3c(N=CN4CCN(C)CC4)ncnn23)[C@H](OC(=O)C(C)C)[C@@H]1OC(=O)C(C)C. The summed E-state index contributed by atoms with van der Waals surface area (Å²) in [5, 5.41) is 17.8. The number of esters is 3. The summed E-state index contributed by atoms with van der Waals surface area (Å²) >= 11 is 0. The van der Waals surface area contributed by atoms with Gasteiger partial charge < -0.3 is 33.5 Å². The number of likely N-dealkylation sites (N-methyl/N-ethyl adjacent to an activating group) is 1. The highest BCUT2D eigenvalue weighted by molar-refractivity contribution is 5.75. The van der Waals surface area contributed by atoms with Crippen molar-refractivity contribution < 1.29 is 38.1 Å². The Labute approximate surface area is 273 Å². The van der Waals surface area contributed by atoms with E-state index in [9.17, 15) is 19.6 Å². The van der Waals surface area contributed by atoms with E-state index in [4.69, 9.17) is 23.7 Å². The zero-order valence-corrected chi connectivity index (χ0v) is 27.9. The first-order valence-electron chi connectivity index (χ1n) is 15.6. The molecule has 0 aliphatic carbocycles. The highest BCUT2D eigenvalue weighted by Gasteiger charge is 2.61. The van der Waals surface area contributed by atoms with Crippen LogP contribution in [0.5, 0.6) is 0 Å². The van der Waals surface area contributed by atoms with E-state index < -0.39 is 66.3 Å². The highest BCUT2D eigenvalue weighted by Crippen LogP contribution is 2.44. The molecular weight excluding hydrogens is 612 g/mol. The molecule has 0 spiro atoms. The number of hydrogen-bond acceptors (Lipinski definition) is 14. The van der Waals surface area contributed by atoms with Crippen LogP contribution in [0.2, 0.25) is 0 Å². The Kier molecular flexibility index (Phi) is 11.9. The molecule has 4 rings (SSSR count). The number of methoxy groups -OCH3 is 1. The fraction of sp³-hybridized carbons (Fsp3) is 0.645. The van der Waals surface area contributed by atoms with E-state index in [0.717, 1.165) is 26.2 Å². The van der Waals surface area contributed by atoms with Crippen LogP contribution in [-0.4, -0.2) is 126 Å². The predicted molar refractivity (Wildman–Crippen MR) is 167 cm³/mol. The summed E-state index contributed by atoms with van der Waals surface area (Å²) < 4.78 is 30.3. The van der Waals surface area contributed by atoms with Gasteiger partial charge in [-0.2, -0.15) is 10.4 Å². The summed E-state index contributed by atoms with van der Waals surface area (Å²) in [6, 6.07) is 4.91. The van der Waals surface area contributed by atoms with E-state index in [1.165, 1.54) is 13.4 Å². The Morgan fingerprint density at radius 2 is 1.79 bits per heavy atom. The normalized spacial score (nSPS) is 24.2. The largest absolute Gasteiger partial charge is 0.468 e. The molecular formula is C31H44N8O8. The summed E-state index contributed by atoms with van der Waals surface area (Å²) in [6.45, 7) is 11.2. The lowest BCUT2D eigenvalue weighted by Gasteiger charge is -2.30. The first-order chi connectivity index (χ1) is 22.4. The molecule has 0 saturated carbocycles. The van der Waals surface area contributed by atoms with Gasteiger partial charge in [-0.25, -0.2) is 14.5 Å². The molecule has 2 aromatic heterocycles. The van der Waals surface area contributed by atoms with Crippen molar-refractivity contribution in [3.63, 3.8) is 0 Å². The molecule has 5 atom stereocenters. The number of piperazine rings is 1. The summed E-state index contributed by atoms with van der Waals surface area (Å²) in [4.78, 5) is 51.2. The highest BCUT2D eigenvalue weighted by atomic mass is 16.7. The standard InChI is InChI=1S/C31H44N8O8/c1-19(2)28(40)45-25-24(22-8-9-23-27(33-16-36-39(22)23)34-17-38-12-10-37(6)11-13-38)47-31(14-32,26(25)46-29(41)20(3)4)15-44-18-35-21(5)30(42)43-7/h8-9,16-17,19-21,24-26,35H,10-13,15,18H2,1-7H3/t21-,24-,25-,26-,31+/m0/s1. The molecule has 2 aliphatic rings. The fourth-order valence-corrected chi connectivity index (χ4v) is 5.05. The van der Waals surface area contributed by atoms with Crippen LogP contribution in [-0.2, 0) is 38.1 Å². The van der Waals surface area contributed by atoms with Crippen LogP contribution in [0.1, 0.15) is 46.4 Å². The van der Waals surface area contributed by atoms with Gasteiger partial charge in [-0.1, -0.05) is 27.7 Å². The van der Waals surface area contributed by atoms with E-state index in [-0.39, 0.29) is 6.73 Å². The average Bonchev–Trinajstić information content (AvgIpc) is 3.61. The van der Waals surface area contributed by atoms with Gasteiger partial charge in [0.2, 0.25) is 5.60 Å². The second-order valence-electron chi connectivity index (χ2n) is 12.3. The quantitative estimate of drug-likeness (QED) is 0.0811. The van der Waals surface area contributed by atoms with Crippen molar-refractivity contribution in [2.45, 2.75) is 64.6 Å². The third-order valence-electron chi connectivity index (χ3n) is 8.02. The summed E-state index contributed by atoms with van der Waals surface area (Å²) in [7, 11) is 3.34. The van der Waals surface area contributed by atoms with Crippen molar-refractivity contribution >= 4 is 35.6 Å². The Hall–Kier alpha value is -4.17. The van der Waals surface area contributed by atoms with Gasteiger partial charge in [-0.05, 0) is 26.1 Å². The number of aliphatic imine (C=N–C) groups is 1. The van der Waals surface area contributed by atoms with Crippen LogP contribution < -0.4 is 5.32 Å². The summed E-state index contributed by atoms with van der Waals surface area (Å²) in [5.41, 5.74) is -0.944. The van der Waals surface area contributed by atoms with Crippen LogP contribution in [0.4, 0.5) is 5.82 Å². The Balaban J connectivity index is 1.70. The third kappa shape index (κ3) is 8.22. The van der Waals surface area contributed by atoms with Gasteiger partial charge in [-0.15, -0.1) is 0 Å². The molecule has 2 saturated heterocycles. The lowest BCUT2D eigenvalue weighted by molar-refractivity contribution is -0.174. The second-order valence-corrected chi connectivity index (χ2v) is 12.3. The van der Waals surface area contributed by atoms with Gasteiger partial charge in [0.05, 0.1) is 44.3 Å².